The summed E-state index contributed by atoms with van der Waals surface area (Å²) in [6.45, 7) is -0.691. The highest BCUT2D eigenvalue weighted by atomic mass is 19.4. The van der Waals surface area contributed by atoms with Gasteiger partial charge in [-0.05, 0) is 53.9 Å². The second-order valence-electron chi connectivity index (χ2n) is 9.05. The number of alkyl halides is 3. The minimum absolute atomic E-state index is 0.175. The van der Waals surface area contributed by atoms with Crippen LogP contribution in [0.2, 0.25) is 0 Å². The molecule has 0 spiro atoms. The van der Waals surface area contributed by atoms with Crippen molar-refractivity contribution in [2.24, 2.45) is 11.5 Å². The van der Waals surface area contributed by atoms with E-state index in [1.165, 1.54) is 29.2 Å². The molecule has 14 heteroatoms. The molecule has 1 aliphatic heterocycles. The van der Waals surface area contributed by atoms with Crippen molar-refractivity contribution < 1.29 is 47.0 Å². The van der Waals surface area contributed by atoms with E-state index in [4.69, 9.17) is 16.6 Å². The van der Waals surface area contributed by atoms with Gasteiger partial charge in [0.05, 0.1) is 0 Å². The van der Waals surface area contributed by atoms with Gasteiger partial charge in [0.15, 0.2) is 0 Å². The highest BCUT2D eigenvalue weighted by Gasteiger charge is 2.42. The molecule has 0 fully saturated rings. The van der Waals surface area contributed by atoms with E-state index in [0.717, 1.165) is 16.9 Å². The molecule has 0 atom stereocenters. The van der Waals surface area contributed by atoms with Gasteiger partial charge in [0, 0.05) is 35.6 Å². The molecule has 5 N–H and O–H groups in total. The van der Waals surface area contributed by atoms with E-state index in [0.29, 0.717) is 23.4 Å². The van der Waals surface area contributed by atoms with Gasteiger partial charge in [0.2, 0.25) is 5.91 Å². The number of nitrogens with two attached hydrogens (primary N) is 2. The molecule has 0 radical (unpaired) electrons. The number of hydrogen-bond acceptors (Lipinski definition) is 8. The first-order chi connectivity index (χ1) is 20.3. The summed E-state index contributed by atoms with van der Waals surface area (Å²) in [5.41, 5.74) is 13.8. The number of fused-ring (bicyclic) bond motifs is 1. The smallest absolute Gasteiger partial charge is 0.387 e. The molecule has 0 aliphatic carbocycles. The molecule has 226 valence electrons. The zero-order chi connectivity index (χ0) is 31.7. The van der Waals surface area contributed by atoms with Crippen LogP contribution >= 0.6 is 0 Å². The number of hydrogen-bond donors (Lipinski definition) is 3. The fraction of sp³-hybridized carbons (Fsp3) is 0.207. The van der Waals surface area contributed by atoms with Crippen LogP contribution in [0.4, 0.5) is 24.5 Å². The monoisotopic (exact) mass is 600 g/mol. The van der Waals surface area contributed by atoms with E-state index in [-0.39, 0.29) is 23.7 Å². The number of anilines is 2. The van der Waals surface area contributed by atoms with Crippen molar-refractivity contribution in [3.8, 4) is 0 Å². The number of carbonyl (C=O) groups is 5. The lowest BCUT2D eigenvalue weighted by Crippen LogP contribution is -2.39. The second kappa shape index (κ2) is 14.2. The summed E-state index contributed by atoms with van der Waals surface area (Å²) in [6, 6.07) is 19.1. The van der Waals surface area contributed by atoms with Gasteiger partial charge >= 0.3 is 18.1 Å². The maximum absolute atomic E-state index is 12.8. The third-order valence-corrected chi connectivity index (χ3v) is 6.15. The number of carbonyl (C=O) groups excluding carboxylic acids is 5. The topological polar surface area (TPSA) is 173 Å². The van der Waals surface area contributed by atoms with Crippen molar-refractivity contribution in [3.63, 3.8) is 0 Å². The number of rotatable bonds is 7. The Morgan fingerprint density at radius 3 is 2.23 bits per heavy atom. The molecule has 4 rings (SSSR count). The summed E-state index contributed by atoms with van der Waals surface area (Å²) in [6.07, 6.45) is -4.58. The molecule has 43 heavy (non-hydrogen) atoms. The number of primary amides is 1. The van der Waals surface area contributed by atoms with Crippen molar-refractivity contribution in [2.75, 3.05) is 29.5 Å². The molecular weight excluding hydrogens is 573 g/mol. The Morgan fingerprint density at radius 1 is 0.930 bits per heavy atom. The molecule has 1 heterocycles. The predicted molar refractivity (Wildman–Crippen MR) is 148 cm³/mol. The van der Waals surface area contributed by atoms with E-state index < -0.39 is 43.1 Å². The van der Waals surface area contributed by atoms with Crippen molar-refractivity contribution in [3.05, 3.63) is 95.1 Å². The zero-order valence-electron chi connectivity index (χ0n) is 22.5. The Morgan fingerprint density at radius 2 is 1.63 bits per heavy atom. The quantitative estimate of drug-likeness (QED) is 0.273. The molecular formula is C29H27F3N4O7. The molecule has 0 saturated heterocycles. The first-order valence-electron chi connectivity index (χ1n) is 12.7. The molecule has 0 bridgehead atoms. The second-order valence-corrected chi connectivity index (χ2v) is 9.05. The minimum atomic E-state index is -5.31. The lowest BCUT2D eigenvalue weighted by Gasteiger charge is -2.22. The maximum Gasteiger partial charge on any atom is 0.491 e. The number of halogens is 3. The maximum atomic E-state index is 12.8. The Bertz CT molecular complexity index is 1510. The van der Waals surface area contributed by atoms with E-state index in [1.54, 1.807) is 48.5 Å². The largest absolute Gasteiger partial charge is 0.491 e. The molecule has 0 saturated carbocycles. The molecule has 3 amide bonds. The van der Waals surface area contributed by atoms with E-state index in [1.807, 2.05) is 0 Å². The fourth-order valence-corrected chi connectivity index (χ4v) is 4.07. The van der Waals surface area contributed by atoms with Gasteiger partial charge in [-0.25, -0.2) is 9.59 Å². The lowest BCUT2D eigenvalue weighted by atomic mass is 10.1. The summed E-state index contributed by atoms with van der Waals surface area (Å²) in [5, 5.41) is 8.82. The van der Waals surface area contributed by atoms with Gasteiger partial charge in [-0.3, -0.25) is 19.3 Å². The van der Waals surface area contributed by atoms with Gasteiger partial charge in [-0.2, -0.15) is 13.2 Å². The lowest BCUT2D eigenvalue weighted by molar-refractivity contribution is -0.201. The van der Waals surface area contributed by atoms with E-state index >= 15 is 0 Å². The molecule has 3 aromatic rings. The number of ether oxygens (including phenoxy) is 1. The van der Waals surface area contributed by atoms with Crippen LogP contribution in [0.5, 0.6) is 0 Å². The predicted octanol–water partition coefficient (Wildman–Crippen LogP) is 2.09. The average Bonchev–Trinajstić information content (AvgIpc) is 3.43. The molecule has 0 aromatic heterocycles. The number of para-hydroxylation sites is 1. The van der Waals surface area contributed by atoms with Crippen LogP contribution in [0.1, 0.15) is 31.8 Å². The normalized spacial score (nSPS) is 12.0. The summed E-state index contributed by atoms with van der Waals surface area (Å²) >= 11 is 0. The standard InChI is InChI=1S/C18H15F3N2O4.C11H12N2O3/c19-18(20,21)17(26)27-15(24)11-23(14-7-2-1-3-8-14)16(25)13-6-4-5-12(9-13)10-22;12-11(16)8-2-1-7-3-4-13(9(7)5-8)10(15)6-14/h1-9H,10-11,22H2;1-2,5,14H,3-4,6H2,(H2,12,16). The molecule has 11 nitrogen and oxygen atoms in total. The Balaban J connectivity index is 0.000000268. The number of benzene rings is 3. The summed E-state index contributed by atoms with van der Waals surface area (Å²) in [7, 11) is 0. The van der Waals surface area contributed by atoms with Gasteiger partial charge in [0.25, 0.3) is 11.8 Å². The van der Waals surface area contributed by atoms with Crippen LogP contribution in [-0.4, -0.2) is 60.6 Å². The Hall–Kier alpha value is -5.08. The molecule has 3 aromatic carbocycles. The highest BCUT2D eigenvalue weighted by molar-refractivity contribution is 6.09. The van der Waals surface area contributed by atoms with E-state index in [9.17, 15) is 37.1 Å². The summed E-state index contributed by atoms with van der Waals surface area (Å²) < 4.78 is 40.6. The Kier molecular flexibility index (Phi) is 10.7. The van der Waals surface area contributed by atoms with Crippen molar-refractivity contribution >= 4 is 41.0 Å². The van der Waals surface area contributed by atoms with Gasteiger partial charge in [0.1, 0.15) is 13.2 Å². The van der Waals surface area contributed by atoms with Gasteiger partial charge in [-0.1, -0.05) is 36.4 Å². The number of aliphatic hydroxyl groups excluding tert-OH is 1. The zero-order valence-corrected chi connectivity index (χ0v) is 22.5. The average molecular weight is 601 g/mol. The van der Waals surface area contributed by atoms with Crippen molar-refractivity contribution in [1.82, 2.24) is 0 Å². The van der Waals surface area contributed by atoms with Crippen LogP contribution in [0.25, 0.3) is 0 Å². The van der Waals surface area contributed by atoms with E-state index in [2.05, 4.69) is 4.74 Å². The fourth-order valence-electron chi connectivity index (χ4n) is 4.07. The van der Waals surface area contributed by atoms with Gasteiger partial charge in [-0.15, -0.1) is 0 Å². The van der Waals surface area contributed by atoms with Crippen LogP contribution in [0, 0.1) is 0 Å². The van der Waals surface area contributed by atoms with Crippen LogP contribution in [-0.2, 0) is 32.1 Å². The number of nitrogens with zero attached hydrogens (tertiary/aromatic N) is 2. The number of esters is 2. The first kappa shape index (κ1) is 32.4. The molecule has 1 aliphatic rings. The summed E-state index contributed by atoms with van der Waals surface area (Å²) in [4.78, 5) is 60.2. The number of amides is 3. The minimum Gasteiger partial charge on any atom is -0.387 e. The molecule has 0 unspecified atom stereocenters. The third-order valence-electron chi connectivity index (χ3n) is 6.15. The van der Waals surface area contributed by atoms with Crippen molar-refractivity contribution in [1.29, 1.82) is 0 Å². The first-order valence-corrected chi connectivity index (χ1v) is 12.7. The van der Waals surface area contributed by atoms with Gasteiger partial charge < -0.3 is 26.2 Å². The third kappa shape index (κ3) is 8.47. The SMILES string of the molecule is NC(=O)c1ccc2c(c1)N(C(=O)CO)CC2.NCc1cccc(C(=O)N(CC(=O)OC(=O)C(F)(F)F)c2ccccc2)c1. The summed E-state index contributed by atoms with van der Waals surface area (Å²) in [5.74, 6) is -5.69. The highest BCUT2D eigenvalue weighted by Crippen LogP contribution is 2.29. The van der Waals surface area contributed by atoms with Crippen LogP contribution < -0.4 is 21.3 Å². The van der Waals surface area contributed by atoms with Crippen LogP contribution in [0.3, 0.4) is 0 Å². The van der Waals surface area contributed by atoms with Crippen molar-refractivity contribution in [2.45, 2.75) is 19.1 Å². The Labute approximate surface area is 243 Å². The van der Waals surface area contributed by atoms with Crippen LogP contribution in [0.15, 0.2) is 72.8 Å². The number of aliphatic hydroxyl groups is 1.